The largest absolute Gasteiger partial charge is 0.465 e. The van der Waals surface area contributed by atoms with Crippen molar-refractivity contribution in [2.24, 2.45) is 5.92 Å². The smallest absolute Gasteiger partial charge is 0.341 e. The van der Waals surface area contributed by atoms with Gasteiger partial charge in [0.25, 0.3) is 0 Å². The summed E-state index contributed by atoms with van der Waals surface area (Å²) in [5.41, 5.74) is 1.49. The van der Waals surface area contributed by atoms with Crippen LogP contribution in [0, 0.1) is 5.92 Å². The zero-order chi connectivity index (χ0) is 18.4. The lowest BCUT2D eigenvalue weighted by atomic mass is 9.88. The summed E-state index contributed by atoms with van der Waals surface area (Å²) in [4.78, 5) is 36.8. The zero-order valence-electron chi connectivity index (χ0n) is 14.7. The van der Waals surface area contributed by atoms with Crippen molar-refractivity contribution in [2.75, 3.05) is 30.5 Å². The van der Waals surface area contributed by atoms with Crippen LogP contribution in [-0.4, -0.2) is 43.1 Å². The quantitative estimate of drug-likeness (QED) is 0.727. The predicted octanol–water partition coefficient (Wildman–Crippen LogP) is 2.89. The van der Waals surface area contributed by atoms with Crippen molar-refractivity contribution in [3.8, 4) is 0 Å². The van der Waals surface area contributed by atoms with E-state index < -0.39 is 5.97 Å². The van der Waals surface area contributed by atoms with Crippen molar-refractivity contribution in [1.82, 2.24) is 0 Å². The minimum absolute atomic E-state index is 0.123. The van der Waals surface area contributed by atoms with Gasteiger partial charge in [0.05, 0.1) is 30.8 Å². The van der Waals surface area contributed by atoms with Gasteiger partial charge in [-0.1, -0.05) is 6.92 Å². The number of hydrogen-bond acceptors (Lipinski definition) is 7. The van der Waals surface area contributed by atoms with Crippen LogP contribution in [0.4, 0.5) is 5.00 Å². The molecule has 1 aliphatic rings. The van der Waals surface area contributed by atoms with E-state index in [2.05, 4.69) is 12.2 Å². The molecule has 1 heterocycles. The average molecular weight is 386 g/mol. The Morgan fingerprint density at radius 3 is 2.76 bits per heavy atom. The zero-order valence-corrected chi connectivity index (χ0v) is 16.3. The average Bonchev–Trinajstić information content (AvgIpc) is 2.91. The number of thioether (sulfide) groups is 1. The molecule has 0 saturated carbocycles. The van der Waals surface area contributed by atoms with E-state index in [1.165, 1.54) is 30.2 Å². The summed E-state index contributed by atoms with van der Waals surface area (Å²) in [6, 6.07) is 0. The van der Waals surface area contributed by atoms with Gasteiger partial charge in [0.15, 0.2) is 0 Å². The van der Waals surface area contributed by atoms with Gasteiger partial charge in [-0.05, 0) is 37.7 Å². The number of methoxy groups -OCH3 is 1. The number of carbonyl (C=O) groups is 3. The second-order valence-corrected chi connectivity index (χ2v) is 7.98. The van der Waals surface area contributed by atoms with Gasteiger partial charge in [-0.15, -0.1) is 23.1 Å². The minimum Gasteiger partial charge on any atom is -0.465 e. The Labute approximate surface area is 155 Å². The van der Waals surface area contributed by atoms with Gasteiger partial charge in [-0.3, -0.25) is 9.59 Å². The number of nitrogens with one attached hydrogen (secondary N) is 1. The standard InChI is InChI=1S/C17H23NO5S2/c1-4-23-14(20)9-24-8-13(19)18-16-15(17(21)22-3)11-6-5-10(2)7-12(11)25-16/h10H,4-9H2,1-3H3,(H,18,19)/t10-/m1/s1. The number of anilines is 1. The van der Waals surface area contributed by atoms with Gasteiger partial charge >= 0.3 is 11.9 Å². The Morgan fingerprint density at radius 2 is 2.08 bits per heavy atom. The fraction of sp³-hybridized carbons (Fsp3) is 0.588. The Morgan fingerprint density at radius 1 is 1.32 bits per heavy atom. The van der Waals surface area contributed by atoms with Crippen molar-refractivity contribution in [2.45, 2.75) is 33.1 Å². The van der Waals surface area contributed by atoms with Gasteiger partial charge in [-0.25, -0.2) is 4.79 Å². The Kier molecular flexibility index (Phi) is 7.31. The number of fused-ring (bicyclic) bond motifs is 1. The molecule has 0 unspecified atom stereocenters. The number of carbonyl (C=O) groups excluding carboxylic acids is 3. The molecule has 25 heavy (non-hydrogen) atoms. The lowest BCUT2D eigenvalue weighted by Crippen LogP contribution is -2.18. The highest BCUT2D eigenvalue weighted by atomic mass is 32.2. The lowest BCUT2D eigenvalue weighted by molar-refractivity contribution is -0.139. The summed E-state index contributed by atoms with van der Waals surface area (Å²) in [7, 11) is 1.35. The maximum atomic E-state index is 12.2. The Balaban J connectivity index is 2.04. The summed E-state index contributed by atoms with van der Waals surface area (Å²) < 4.78 is 9.72. The van der Waals surface area contributed by atoms with Crippen LogP contribution in [0.5, 0.6) is 0 Å². The third-order valence-corrected chi connectivity index (χ3v) is 5.99. The molecular formula is C17H23NO5S2. The Hall–Kier alpha value is -1.54. The fourth-order valence-electron chi connectivity index (χ4n) is 2.75. The van der Waals surface area contributed by atoms with Crippen molar-refractivity contribution in [1.29, 1.82) is 0 Å². The number of amides is 1. The van der Waals surface area contributed by atoms with Crippen LogP contribution in [0.15, 0.2) is 0 Å². The molecule has 1 atom stereocenters. The molecule has 8 heteroatoms. The fourth-order valence-corrected chi connectivity index (χ4v) is 4.77. The van der Waals surface area contributed by atoms with Crippen LogP contribution in [0.3, 0.4) is 0 Å². The molecule has 0 saturated heterocycles. The summed E-state index contributed by atoms with van der Waals surface area (Å²) in [6.07, 6.45) is 2.76. The lowest BCUT2D eigenvalue weighted by Gasteiger charge is -2.18. The van der Waals surface area contributed by atoms with E-state index in [-0.39, 0.29) is 23.4 Å². The summed E-state index contributed by atoms with van der Waals surface area (Å²) in [5, 5.41) is 3.36. The summed E-state index contributed by atoms with van der Waals surface area (Å²) in [6.45, 7) is 4.25. The molecule has 0 aromatic carbocycles. The predicted molar refractivity (Wildman–Crippen MR) is 99.4 cm³/mol. The van der Waals surface area contributed by atoms with Crippen molar-refractivity contribution in [3.05, 3.63) is 16.0 Å². The maximum absolute atomic E-state index is 12.2. The first-order valence-corrected chi connectivity index (χ1v) is 10.2. The van der Waals surface area contributed by atoms with Crippen molar-refractivity contribution in [3.63, 3.8) is 0 Å². The van der Waals surface area contributed by atoms with Crippen LogP contribution in [0.1, 0.15) is 41.1 Å². The van der Waals surface area contributed by atoms with E-state index in [9.17, 15) is 14.4 Å². The first-order valence-electron chi connectivity index (χ1n) is 8.22. The molecule has 1 aromatic rings. The molecule has 138 valence electrons. The number of hydrogen-bond donors (Lipinski definition) is 1. The van der Waals surface area contributed by atoms with Gasteiger partial charge < -0.3 is 14.8 Å². The van der Waals surface area contributed by atoms with Gasteiger partial charge in [0.2, 0.25) is 5.91 Å². The van der Waals surface area contributed by atoms with Gasteiger partial charge in [-0.2, -0.15) is 0 Å². The number of ether oxygens (including phenoxy) is 2. The molecule has 1 N–H and O–H groups in total. The molecule has 0 bridgehead atoms. The maximum Gasteiger partial charge on any atom is 0.341 e. The second kappa shape index (κ2) is 9.24. The molecule has 6 nitrogen and oxygen atoms in total. The van der Waals surface area contributed by atoms with Crippen LogP contribution in [0.2, 0.25) is 0 Å². The molecule has 0 fully saturated rings. The number of rotatable bonds is 7. The molecular weight excluding hydrogens is 362 g/mol. The monoisotopic (exact) mass is 385 g/mol. The molecule has 0 spiro atoms. The van der Waals surface area contributed by atoms with E-state index in [0.717, 1.165) is 29.7 Å². The first kappa shape index (κ1) is 19.8. The second-order valence-electron chi connectivity index (χ2n) is 5.89. The topological polar surface area (TPSA) is 81.7 Å². The third-order valence-electron chi connectivity index (χ3n) is 3.91. The molecule has 2 rings (SSSR count). The third kappa shape index (κ3) is 5.22. The highest BCUT2D eigenvalue weighted by Gasteiger charge is 2.28. The van der Waals surface area contributed by atoms with E-state index in [1.54, 1.807) is 6.92 Å². The molecule has 0 radical (unpaired) electrons. The molecule has 0 aliphatic heterocycles. The summed E-state index contributed by atoms with van der Waals surface area (Å²) >= 11 is 2.64. The van der Waals surface area contributed by atoms with E-state index >= 15 is 0 Å². The van der Waals surface area contributed by atoms with E-state index in [0.29, 0.717) is 23.1 Å². The van der Waals surface area contributed by atoms with Crippen LogP contribution in [0.25, 0.3) is 0 Å². The SMILES string of the molecule is CCOC(=O)CSCC(=O)Nc1sc2c(c1C(=O)OC)CC[C@@H](C)C2. The Bertz CT molecular complexity index is 656. The molecule has 1 aromatic heterocycles. The van der Waals surface area contributed by atoms with Crippen LogP contribution < -0.4 is 5.32 Å². The molecule has 1 aliphatic carbocycles. The van der Waals surface area contributed by atoms with Crippen molar-refractivity contribution < 1.29 is 23.9 Å². The van der Waals surface area contributed by atoms with E-state index in [4.69, 9.17) is 9.47 Å². The number of thiophene rings is 1. The minimum atomic E-state index is -0.415. The highest BCUT2D eigenvalue weighted by Crippen LogP contribution is 2.40. The van der Waals surface area contributed by atoms with Crippen molar-refractivity contribution >= 4 is 45.9 Å². The van der Waals surface area contributed by atoms with Crippen LogP contribution in [-0.2, 0) is 31.9 Å². The first-order chi connectivity index (χ1) is 12.0. The summed E-state index contributed by atoms with van der Waals surface area (Å²) in [5.74, 6) is -0.175. The van der Waals surface area contributed by atoms with E-state index in [1.807, 2.05) is 0 Å². The molecule has 1 amide bonds. The normalized spacial score (nSPS) is 16.0. The van der Waals surface area contributed by atoms with Crippen LogP contribution >= 0.6 is 23.1 Å². The van der Waals surface area contributed by atoms with Gasteiger partial charge in [0.1, 0.15) is 5.00 Å². The highest BCUT2D eigenvalue weighted by molar-refractivity contribution is 8.00. The number of esters is 2. The van der Waals surface area contributed by atoms with Gasteiger partial charge in [0, 0.05) is 4.88 Å².